The van der Waals surface area contributed by atoms with E-state index in [1.807, 2.05) is 20.8 Å². The van der Waals surface area contributed by atoms with Gasteiger partial charge in [0, 0.05) is 23.6 Å². The summed E-state index contributed by atoms with van der Waals surface area (Å²) in [5.41, 5.74) is 6.30. The van der Waals surface area contributed by atoms with Crippen LogP contribution in [0.3, 0.4) is 0 Å². The molecule has 0 radical (unpaired) electrons. The fourth-order valence-corrected chi connectivity index (χ4v) is 1.96. The van der Waals surface area contributed by atoms with E-state index in [-0.39, 0.29) is 16.9 Å². The van der Waals surface area contributed by atoms with Crippen LogP contribution in [0.2, 0.25) is 5.02 Å². The average Bonchev–Trinajstić information content (AvgIpc) is 2.35. The molecule has 2 rings (SSSR count). The monoisotopic (exact) mass is 292 g/mol. The lowest BCUT2D eigenvalue weighted by Crippen LogP contribution is -2.34. The van der Waals surface area contributed by atoms with Gasteiger partial charge in [-0.3, -0.25) is 4.79 Å². The van der Waals surface area contributed by atoms with Crippen LogP contribution >= 0.6 is 11.6 Å². The number of nitrogens with one attached hydrogen (secondary N) is 1. The number of benzene rings is 1. The van der Waals surface area contributed by atoms with Crippen molar-refractivity contribution in [3.05, 3.63) is 46.0 Å². The van der Waals surface area contributed by atoms with Crippen LogP contribution in [0.5, 0.6) is 0 Å². The Bertz CT molecular complexity index is 688. The summed E-state index contributed by atoms with van der Waals surface area (Å²) in [4.78, 5) is 16.5. The second-order valence-electron chi connectivity index (χ2n) is 5.49. The van der Waals surface area contributed by atoms with Gasteiger partial charge < -0.3 is 15.6 Å². The van der Waals surface area contributed by atoms with Crippen molar-refractivity contribution >= 4 is 28.8 Å². The third-order valence-corrected chi connectivity index (χ3v) is 3.14. The molecule has 0 aliphatic rings. The first-order chi connectivity index (χ1) is 9.29. The van der Waals surface area contributed by atoms with E-state index in [9.17, 15) is 4.79 Å². The maximum Gasteiger partial charge on any atom is 0.294 e. The van der Waals surface area contributed by atoms with E-state index in [2.05, 4.69) is 10.3 Å². The molecule has 0 aliphatic carbocycles. The molecular formula is C14H17ClN4O. The minimum Gasteiger partial charge on any atom is -0.399 e. The fraction of sp³-hybridized carbons (Fsp3) is 0.286. The minimum atomic E-state index is -0.323. The van der Waals surface area contributed by atoms with E-state index in [1.165, 1.54) is 0 Å². The first-order valence-electron chi connectivity index (χ1n) is 6.19. The second kappa shape index (κ2) is 5.17. The first-order valence-corrected chi connectivity index (χ1v) is 6.57. The van der Waals surface area contributed by atoms with Gasteiger partial charge in [-0.25, -0.2) is 4.98 Å². The Hall–Kier alpha value is -2.01. The van der Waals surface area contributed by atoms with Gasteiger partial charge in [-0.2, -0.15) is 0 Å². The van der Waals surface area contributed by atoms with Crippen molar-refractivity contribution in [2.75, 3.05) is 11.1 Å². The fourth-order valence-electron chi connectivity index (χ4n) is 1.79. The maximum atomic E-state index is 12.4. The molecule has 0 atom stereocenters. The van der Waals surface area contributed by atoms with Gasteiger partial charge in [-0.1, -0.05) is 11.6 Å². The summed E-state index contributed by atoms with van der Waals surface area (Å²) in [6, 6.07) is 5.03. The lowest BCUT2D eigenvalue weighted by Gasteiger charge is -2.22. The van der Waals surface area contributed by atoms with E-state index in [4.69, 9.17) is 17.3 Å². The molecule has 106 valence electrons. The summed E-state index contributed by atoms with van der Waals surface area (Å²) in [5, 5.41) is 3.42. The molecule has 1 heterocycles. The highest BCUT2D eigenvalue weighted by atomic mass is 35.5. The van der Waals surface area contributed by atoms with Crippen molar-refractivity contribution in [1.82, 2.24) is 9.55 Å². The van der Waals surface area contributed by atoms with Crippen LogP contribution in [-0.4, -0.2) is 9.55 Å². The predicted octanol–water partition coefficient (Wildman–Crippen LogP) is 2.98. The third kappa shape index (κ3) is 2.93. The van der Waals surface area contributed by atoms with E-state index in [0.717, 1.165) is 0 Å². The Morgan fingerprint density at radius 2 is 2.05 bits per heavy atom. The number of nitrogen functional groups attached to an aromatic ring is 1. The molecule has 0 amide bonds. The quantitative estimate of drug-likeness (QED) is 0.835. The molecule has 5 nitrogen and oxygen atoms in total. The summed E-state index contributed by atoms with van der Waals surface area (Å²) in [5.74, 6) is 0.218. The SMILES string of the molecule is CC(C)(C)n1ccnc(Nc2cc(N)ccc2Cl)c1=O. The van der Waals surface area contributed by atoms with Crippen LogP contribution in [0.15, 0.2) is 35.4 Å². The van der Waals surface area contributed by atoms with Crippen molar-refractivity contribution in [2.45, 2.75) is 26.3 Å². The van der Waals surface area contributed by atoms with Gasteiger partial charge in [0.05, 0.1) is 10.7 Å². The lowest BCUT2D eigenvalue weighted by atomic mass is 10.1. The molecule has 0 saturated heterocycles. The van der Waals surface area contributed by atoms with Crippen molar-refractivity contribution in [2.24, 2.45) is 0 Å². The van der Waals surface area contributed by atoms with Gasteiger partial charge in [-0.15, -0.1) is 0 Å². The number of rotatable bonds is 2. The molecule has 1 aromatic heterocycles. The molecule has 20 heavy (non-hydrogen) atoms. The molecule has 0 bridgehead atoms. The minimum absolute atomic E-state index is 0.210. The van der Waals surface area contributed by atoms with Gasteiger partial charge in [-0.05, 0) is 39.0 Å². The smallest absolute Gasteiger partial charge is 0.294 e. The highest BCUT2D eigenvalue weighted by Gasteiger charge is 2.17. The third-order valence-electron chi connectivity index (χ3n) is 2.81. The predicted molar refractivity (Wildman–Crippen MR) is 82.6 cm³/mol. The highest BCUT2D eigenvalue weighted by Crippen LogP contribution is 2.26. The van der Waals surface area contributed by atoms with E-state index in [0.29, 0.717) is 16.4 Å². The van der Waals surface area contributed by atoms with Crippen LogP contribution in [0.4, 0.5) is 17.2 Å². The second-order valence-corrected chi connectivity index (χ2v) is 5.89. The zero-order valence-corrected chi connectivity index (χ0v) is 12.4. The molecule has 2 aromatic rings. The van der Waals surface area contributed by atoms with Crippen LogP contribution in [-0.2, 0) is 5.54 Å². The summed E-state index contributed by atoms with van der Waals surface area (Å²) in [6.07, 6.45) is 3.24. The van der Waals surface area contributed by atoms with Gasteiger partial charge in [0.2, 0.25) is 0 Å². The van der Waals surface area contributed by atoms with E-state index < -0.39 is 0 Å². The Balaban J connectivity index is 2.45. The number of nitrogens with zero attached hydrogens (tertiary/aromatic N) is 2. The van der Waals surface area contributed by atoms with Gasteiger partial charge >= 0.3 is 0 Å². The molecule has 6 heteroatoms. The normalized spacial score (nSPS) is 11.4. The molecule has 0 fully saturated rings. The Labute approximate surface area is 122 Å². The Kier molecular flexibility index (Phi) is 3.72. The molecular weight excluding hydrogens is 276 g/mol. The number of hydrogen-bond acceptors (Lipinski definition) is 4. The van der Waals surface area contributed by atoms with Crippen LogP contribution in [0.25, 0.3) is 0 Å². The van der Waals surface area contributed by atoms with Crippen LogP contribution < -0.4 is 16.6 Å². The molecule has 0 spiro atoms. The maximum absolute atomic E-state index is 12.4. The summed E-state index contributed by atoms with van der Waals surface area (Å²) < 4.78 is 1.61. The number of nitrogens with two attached hydrogens (primary N) is 1. The number of aromatic nitrogens is 2. The van der Waals surface area contributed by atoms with Crippen molar-refractivity contribution in [3.8, 4) is 0 Å². The molecule has 1 aromatic carbocycles. The standard InChI is InChI=1S/C14H17ClN4O/c1-14(2,3)19-7-6-17-12(13(19)20)18-11-8-9(16)4-5-10(11)15/h4-8H,16H2,1-3H3,(H,17,18). The largest absolute Gasteiger partial charge is 0.399 e. The summed E-state index contributed by atoms with van der Waals surface area (Å²) in [6.45, 7) is 5.85. The Morgan fingerprint density at radius 1 is 1.35 bits per heavy atom. The number of hydrogen-bond donors (Lipinski definition) is 2. The van der Waals surface area contributed by atoms with Crippen LogP contribution in [0.1, 0.15) is 20.8 Å². The lowest BCUT2D eigenvalue weighted by molar-refractivity contribution is 0.383. The topological polar surface area (TPSA) is 72.9 Å². The number of halogens is 1. The first kappa shape index (κ1) is 14.4. The average molecular weight is 293 g/mol. The van der Waals surface area contributed by atoms with Crippen molar-refractivity contribution in [1.29, 1.82) is 0 Å². The van der Waals surface area contributed by atoms with Gasteiger partial charge in [0.25, 0.3) is 5.56 Å². The van der Waals surface area contributed by atoms with E-state index in [1.54, 1.807) is 35.2 Å². The van der Waals surface area contributed by atoms with E-state index >= 15 is 0 Å². The Morgan fingerprint density at radius 3 is 2.70 bits per heavy atom. The van der Waals surface area contributed by atoms with Crippen molar-refractivity contribution < 1.29 is 0 Å². The molecule has 0 saturated carbocycles. The van der Waals surface area contributed by atoms with Crippen molar-refractivity contribution in [3.63, 3.8) is 0 Å². The van der Waals surface area contributed by atoms with Crippen LogP contribution in [0, 0.1) is 0 Å². The zero-order valence-electron chi connectivity index (χ0n) is 11.6. The summed E-state index contributed by atoms with van der Waals surface area (Å²) >= 11 is 6.07. The van der Waals surface area contributed by atoms with Gasteiger partial charge in [0.1, 0.15) is 0 Å². The number of anilines is 3. The zero-order chi connectivity index (χ0) is 14.9. The van der Waals surface area contributed by atoms with Gasteiger partial charge in [0.15, 0.2) is 5.82 Å². The molecule has 3 N–H and O–H groups in total. The summed E-state index contributed by atoms with van der Waals surface area (Å²) in [7, 11) is 0. The highest BCUT2D eigenvalue weighted by molar-refractivity contribution is 6.33. The molecule has 0 unspecified atom stereocenters. The molecule has 0 aliphatic heterocycles.